The fourth-order valence-electron chi connectivity index (χ4n) is 3.29. The van der Waals surface area contributed by atoms with E-state index in [9.17, 15) is 0 Å². The van der Waals surface area contributed by atoms with Gasteiger partial charge in [0.05, 0.1) is 11.0 Å². The van der Waals surface area contributed by atoms with E-state index in [1.165, 1.54) is 5.56 Å². The fourth-order valence-corrected chi connectivity index (χ4v) is 3.81. The van der Waals surface area contributed by atoms with Crippen LogP contribution in [0.2, 0.25) is 0 Å². The van der Waals surface area contributed by atoms with E-state index in [4.69, 9.17) is 0 Å². The first-order chi connectivity index (χ1) is 11.8. The van der Waals surface area contributed by atoms with Gasteiger partial charge in [-0.1, -0.05) is 46.3 Å². The Morgan fingerprint density at radius 3 is 2.67 bits per heavy atom. The maximum atomic E-state index is 4.60. The van der Waals surface area contributed by atoms with Crippen molar-refractivity contribution in [3.05, 3.63) is 77.7 Å². The van der Waals surface area contributed by atoms with Crippen molar-refractivity contribution in [1.82, 2.24) is 14.4 Å². The second kappa shape index (κ2) is 5.14. The van der Waals surface area contributed by atoms with Crippen LogP contribution in [0.5, 0.6) is 0 Å². The summed E-state index contributed by atoms with van der Waals surface area (Å²) in [5, 5.41) is 2.24. The zero-order valence-electron chi connectivity index (χ0n) is 12.6. The minimum absolute atomic E-state index is 0.958. The highest BCUT2D eigenvalue weighted by molar-refractivity contribution is 9.10. The van der Waals surface area contributed by atoms with E-state index in [0.29, 0.717) is 0 Å². The summed E-state index contributed by atoms with van der Waals surface area (Å²) in [4.78, 5) is 9.18. The van der Waals surface area contributed by atoms with Crippen molar-refractivity contribution in [1.29, 1.82) is 0 Å². The summed E-state index contributed by atoms with van der Waals surface area (Å²) in [5.74, 6) is 0. The summed E-state index contributed by atoms with van der Waals surface area (Å²) < 4.78 is 3.19. The van der Waals surface area contributed by atoms with Crippen LogP contribution >= 0.6 is 15.9 Å². The third-order valence-corrected chi connectivity index (χ3v) is 5.08. The molecule has 0 aliphatic rings. The Balaban J connectivity index is 1.94. The number of halogens is 1. The third kappa shape index (κ3) is 1.90. The summed E-state index contributed by atoms with van der Waals surface area (Å²) in [6.45, 7) is 0. The molecule has 5 rings (SSSR count). The van der Waals surface area contributed by atoms with Crippen LogP contribution in [0.4, 0.5) is 0 Å². The smallest absolute Gasteiger partial charge is 0.145 e. The summed E-state index contributed by atoms with van der Waals surface area (Å²) in [5.41, 5.74) is 5.36. The van der Waals surface area contributed by atoms with Crippen LogP contribution < -0.4 is 0 Å². The third-order valence-electron chi connectivity index (χ3n) is 4.39. The number of aromatic nitrogens is 3. The summed E-state index contributed by atoms with van der Waals surface area (Å²) in [7, 11) is 0. The lowest BCUT2D eigenvalue weighted by atomic mass is 10.0. The first-order valence-corrected chi connectivity index (χ1v) is 8.51. The molecular weight excluding hydrogens is 362 g/mol. The van der Waals surface area contributed by atoms with Gasteiger partial charge in [-0.15, -0.1) is 0 Å². The Kier molecular flexibility index (Phi) is 2.94. The molecule has 0 saturated carbocycles. The van der Waals surface area contributed by atoms with Gasteiger partial charge in [0.25, 0.3) is 0 Å². The molecule has 24 heavy (non-hydrogen) atoms. The number of hydrogen-bond acceptors (Lipinski definition) is 2. The molecule has 3 heterocycles. The normalized spacial score (nSPS) is 11.5. The monoisotopic (exact) mass is 373 g/mol. The van der Waals surface area contributed by atoms with Crippen molar-refractivity contribution < 1.29 is 0 Å². The molecule has 0 radical (unpaired) electrons. The zero-order chi connectivity index (χ0) is 16.1. The lowest BCUT2D eigenvalue weighted by Crippen LogP contribution is -1.92. The first kappa shape index (κ1) is 13.7. The van der Waals surface area contributed by atoms with Crippen LogP contribution in [0, 0.1) is 0 Å². The van der Waals surface area contributed by atoms with E-state index in [2.05, 4.69) is 72.8 Å². The predicted octanol–water partition coefficient (Wildman–Crippen LogP) is 5.47. The molecule has 2 aromatic carbocycles. The largest absolute Gasteiger partial charge is 0.298 e. The highest BCUT2D eigenvalue weighted by atomic mass is 79.9. The van der Waals surface area contributed by atoms with Crippen LogP contribution in [0.15, 0.2) is 77.7 Å². The van der Waals surface area contributed by atoms with Gasteiger partial charge in [0, 0.05) is 33.8 Å². The Labute approximate surface area is 146 Å². The van der Waals surface area contributed by atoms with Gasteiger partial charge in [-0.3, -0.25) is 9.38 Å². The van der Waals surface area contributed by atoms with Crippen LogP contribution in [0.25, 0.3) is 38.6 Å². The van der Waals surface area contributed by atoms with E-state index in [-0.39, 0.29) is 0 Å². The Morgan fingerprint density at radius 2 is 1.75 bits per heavy atom. The Morgan fingerprint density at radius 1 is 0.833 bits per heavy atom. The van der Waals surface area contributed by atoms with Gasteiger partial charge in [0.1, 0.15) is 5.65 Å². The quantitative estimate of drug-likeness (QED) is 0.365. The van der Waals surface area contributed by atoms with Crippen molar-refractivity contribution in [2.24, 2.45) is 0 Å². The lowest BCUT2D eigenvalue weighted by Gasteiger charge is -2.10. The lowest BCUT2D eigenvalue weighted by molar-refractivity contribution is 1.25. The molecule has 0 spiro atoms. The van der Waals surface area contributed by atoms with Gasteiger partial charge in [-0.2, -0.15) is 0 Å². The second-order valence-corrected chi connectivity index (χ2v) is 6.59. The molecule has 0 amide bonds. The summed E-state index contributed by atoms with van der Waals surface area (Å²) in [6.07, 6.45) is 5.67. The van der Waals surface area contributed by atoms with Crippen molar-refractivity contribution in [3.63, 3.8) is 0 Å². The molecule has 0 aliphatic heterocycles. The zero-order valence-corrected chi connectivity index (χ0v) is 14.2. The van der Waals surface area contributed by atoms with Gasteiger partial charge < -0.3 is 0 Å². The van der Waals surface area contributed by atoms with Gasteiger partial charge in [-0.25, -0.2) is 4.98 Å². The van der Waals surface area contributed by atoms with Gasteiger partial charge >= 0.3 is 0 Å². The maximum absolute atomic E-state index is 4.60. The highest BCUT2D eigenvalue weighted by Crippen LogP contribution is 2.33. The van der Waals surface area contributed by atoms with E-state index < -0.39 is 0 Å². The minimum atomic E-state index is 0.958. The van der Waals surface area contributed by atoms with E-state index in [1.54, 1.807) is 0 Å². The Bertz CT molecular complexity index is 1220. The number of fused-ring (bicyclic) bond motifs is 6. The van der Waals surface area contributed by atoms with E-state index in [0.717, 1.165) is 37.5 Å². The maximum Gasteiger partial charge on any atom is 0.145 e. The molecule has 0 atom stereocenters. The molecule has 0 saturated heterocycles. The molecule has 114 valence electrons. The number of nitrogens with zero attached hydrogens (tertiary/aromatic N) is 3. The molecule has 5 aromatic rings. The number of hydrogen-bond donors (Lipinski definition) is 0. The second-order valence-electron chi connectivity index (χ2n) is 5.73. The fraction of sp³-hybridized carbons (Fsp3) is 0. The van der Waals surface area contributed by atoms with Crippen molar-refractivity contribution in [2.75, 3.05) is 0 Å². The molecule has 3 aromatic heterocycles. The van der Waals surface area contributed by atoms with Crippen LogP contribution in [-0.4, -0.2) is 14.4 Å². The van der Waals surface area contributed by atoms with E-state index in [1.807, 2.05) is 30.7 Å². The number of imidazole rings is 1. The van der Waals surface area contributed by atoms with E-state index >= 15 is 0 Å². The predicted molar refractivity (Wildman–Crippen MR) is 101 cm³/mol. The standard InChI is InChI=1S/C20H12BrN3/c21-17-5-2-1-4-14(17)13-7-8-15-16(12-13)20-23-10-11-24(20)18-6-3-9-22-19(15)18/h1-12H. The number of pyridine rings is 2. The molecule has 4 heteroatoms. The first-order valence-electron chi connectivity index (χ1n) is 7.71. The summed E-state index contributed by atoms with van der Waals surface area (Å²) in [6, 6.07) is 18.8. The molecule has 0 N–H and O–H groups in total. The Hall–Kier alpha value is -2.72. The number of rotatable bonds is 1. The van der Waals surface area contributed by atoms with Crippen molar-refractivity contribution in [3.8, 4) is 11.1 Å². The van der Waals surface area contributed by atoms with Gasteiger partial charge in [0.15, 0.2) is 0 Å². The van der Waals surface area contributed by atoms with Crippen LogP contribution in [0.3, 0.4) is 0 Å². The summed E-state index contributed by atoms with van der Waals surface area (Å²) >= 11 is 3.65. The average molecular weight is 374 g/mol. The molecule has 3 nitrogen and oxygen atoms in total. The molecule has 0 unspecified atom stereocenters. The van der Waals surface area contributed by atoms with Crippen LogP contribution in [0.1, 0.15) is 0 Å². The minimum Gasteiger partial charge on any atom is -0.298 e. The number of benzene rings is 2. The highest BCUT2D eigenvalue weighted by Gasteiger charge is 2.11. The van der Waals surface area contributed by atoms with Crippen molar-refractivity contribution in [2.45, 2.75) is 0 Å². The van der Waals surface area contributed by atoms with Crippen molar-refractivity contribution >= 4 is 43.4 Å². The topological polar surface area (TPSA) is 30.2 Å². The van der Waals surface area contributed by atoms with Crippen LogP contribution in [-0.2, 0) is 0 Å². The average Bonchev–Trinajstić information content (AvgIpc) is 3.12. The van der Waals surface area contributed by atoms with Gasteiger partial charge in [0.2, 0.25) is 0 Å². The molecular formula is C20H12BrN3. The molecule has 0 aliphatic carbocycles. The molecule has 0 bridgehead atoms. The SMILES string of the molecule is Brc1ccccc1-c1ccc2c(c1)c1nccn1c1cccnc21. The van der Waals surface area contributed by atoms with Gasteiger partial charge in [-0.05, 0) is 35.4 Å². The molecule has 0 fully saturated rings.